The number of amides is 1. The summed E-state index contributed by atoms with van der Waals surface area (Å²) in [5.74, 6) is 0.886. The van der Waals surface area contributed by atoms with Gasteiger partial charge in [0.1, 0.15) is 11.4 Å². The molecular weight excluding hydrogens is 433 g/mol. The molecule has 1 aromatic carbocycles. The van der Waals surface area contributed by atoms with Gasteiger partial charge in [-0.1, -0.05) is 29.3 Å². The molecule has 3 aromatic rings. The van der Waals surface area contributed by atoms with E-state index in [4.69, 9.17) is 32.7 Å². The first kappa shape index (κ1) is 21.8. The molecule has 29 heavy (non-hydrogen) atoms. The summed E-state index contributed by atoms with van der Waals surface area (Å²) in [5.41, 5.74) is 1.72. The second-order valence-electron chi connectivity index (χ2n) is 6.39. The molecular formula is C20H21Cl2N3O3S. The normalized spacial score (nSPS) is 11.1. The summed E-state index contributed by atoms with van der Waals surface area (Å²) in [6, 6.07) is 5.39. The number of fused-ring (bicyclic) bond motifs is 1. The monoisotopic (exact) mass is 453 g/mol. The van der Waals surface area contributed by atoms with Gasteiger partial charge in [0.25, 0.3) is 5.91 Å². The molecule has 0 saturated carbocycles. The number of hydrogen-bond acceptors (Lipinski definition) is 6. The average molecular weight is 454 g/mol. The highest BCUT2D eigenvalue weighted by atomic mass is 35.5. The first-order valence-corrected chi connectivity index (χ1v) is 10.5. The van der Waals surface area contributed by atoms with Crippen LogP contribution in [0.4, 0.5) is 0 Å². The molecule has 0 aliphatic carbocycles. The molecule has 1 amide bonds. The third kappa shape index (κ3) is 4.48. The molecule has 0 aliphatic heterocycles. The Morgan fingerprint density at radius 1 is 1.21 bits per heavy atom. The molecule has 0 atom stereocenters. The Hall–Kier alpha value is -1.93. The molecule has 0 N–H and O–H groups in total. The lowest BCUT2D eigenvalue weighted by Crippen LogP contribution is -2.30. The van der Waals surface area contributed by atoms with Crippen LogP contribution in [0.2, 0.25) is 10.0 Å². The number of nitrogens with zero attached hydrogens (tertiary/aromatic N) is 3. The summed E-state index contributed by atoms with van der Waals surface area (Å²) < 4.78 is 10.6. The maximum atomic E-state index is 13.3. The Morgan fingerprint density at radius 3 is 2.59 bits per heavy atom. The molecule has 0 unspecified atom stereocenters. The maximum absolute atomic E-state index is 13.3. The van der Waals surface area contributed by atoms with Crippen molar-refractivity contribution in [2.75, 3.05) is 20.8 Å². The van der Waals surface area contributed by atoms with Gasteiger partial charge in [-0.05, 0) is 37.1 Å². The number of carbonyl (C=O) groups excluding carboxylic acids is 1. The highest BCUT2D eigenvalue weighted by Gasteiger charge is 2.24. The number of hydrogen-bond donors (Lipinski definition) is 0. The van der Waals surface area contributed by atoms with Crippen LogP contribution in [0, 0.1) is 6.92 Å². The molecule has 0 spiro atoms. The molecule has 6 nitrogen and oxygen atoms in total. The van der Waals surface area contributed by atoms with Crippen LogP contribution in [-0.4, -0.2) is 41.5 Å². The Balaban J connectivity index is 1.97. The minimum Gasteiger partial charge on any atom is -0.480 e. The Morgan fingerprint density at radius 2 is 1.97 bits per heavy atom. The second-order valence-corrected chi connectivity index (χ2v) is 8.20. The van der Waals surface area contributed by atoms with Gasteiger partial charge in [0, 0.05) is 20.2 Å². The van der Waals surface area contributed by atoms with E-state index >= 15 is 0 Å². The fourth-order valence-corrected chi connectivity index (χ4v) is 4.50. The number of methoxy groups -OCH3 is 2. The van der Waals surface area contributed by atoms with Gasteiger partial charge in [0.2, 0.25) is 5.88 Å². The lowest BCUT2D eigenvalue weighted by Gasteiger charge is -2.21. The van der Waals surface area contributed by atoms with E-state index in [0.29, 0.717) is 44.5 Å². The largest absolute Gasteiger partial charge is 0.480 e. The SMILES string of the molecule is CCN(Cc1ccc(Cl)c(Cl)c1)C(=O)c1sc2nc(COC)nc(OC)c2c1C. The van der Waals surface area contributed by atoms with Crippen molar-refractivity contribution in [3.63, 3.8) is 0 Å². The third-order valence-electron chi connectivity index (χ3n) is 4.49. The van der Waals surface area contributed by atoms with Crippen molar-refractivity contribution in [3.05, 3.63) is 50.1 Å². The van der Waals surface area contributed by atoms with Gasteiger partial charge in [-0.15, -0.1) is 11.3 Å². The molecule has 9 heteroatoms. The van der Waals surface area contributed by atoms with E-state index in [9.17, 15) is 4.79 Å². The number of ether oxygens (including phenoxy) is 2. The number of aryl methyl sites for hydroxylation is 1. The fourth-order valence-electron chi connectivity index (χ4n) is 3.02. The van der Waals surface area contributed by atoms with E-state index < -0.39 is 0 Å². The molecule has 2 heterocycles. The predicted molar refractivity (Wildman–Crippen MR) is 116 cm³/mol. The summed E-state index contributed by atoms with van der Waals surface area (Å²) in [4.78, 5) is 25.3. The van der Waals surface area contributed by atoms with E-state index in [0.717, 1.165) is 16.5 Å². The lowest BCUT2D eigenvalue weighted by molar-refractivity contribution is 0.0757. The molecule has 3 rings (SSSR count). The van der Waals surface area contributed by atoms with E-state index in [-0.39, 0.29) is 12.5 Å². The summed E-state index contributed by atoms with van der Waals surface area (Å²) in [5, 5.41) is 1.71. The van der Waals surface area contributed by atoms with Crippen LogP contribution < -0.4 is 4.74 Å². The fraction of sp³-hybridized carbons (Fsp3) is 0.350. The van der Waals surface area contributed by atoms with Gasteiger partial charge in [-0.3, -0.25) is 4.79 Å². The Kier molecular flexibility index (Phi) is 6.95. The number of halogens is 2. The van der Waals surface area contributed by atoms with Crippen molar-refractivity contribution >= 4 is 50.7 Å². The van der Waals surface area contributed by atoms with Crippen molar-refractivity contribution in [2.24, 2.45) is 0 Å². The highest BCUT2D eigenvalue weighted by Crippen LogP contribution is 2.36. The number of aromatic nitrogens is 2. The molecule has 0 radical (unpaired) electrons. The average Bonchev–Trinajstić information content (AvgIpc) is 3.04. The van der Waals surface area contributed by atoms with Crippen LogP contribution in [0.5, 0.6) is 5.88 Å². The van der Waals surface area contributed by atoms with Gasteiger partial charge in [-0.25, -0.2) is 4.98 Å². The minimum atomic E-state index is -0.0746. The van der Waals surface area contributed by atoms with Crippen molar-refractivity contribution in [2.45, 2.75) is 27.0 Å². The second kappa shape index (κ2) is 9.26. The first-order chi connectivity index (χ1) is 13.9. The quantitative estimate of drug-likeness (QED) is 0.496. The number of carbonyl (C=O) groups is 1. The summed E-state index contributed by atoms with van der Waals surface area (Å²) in [7, 11) is 3.14. The van der Waals surface area contributed by atoms with Gasteiger partial charge < -0.3 is 14.4 Å². The topological polar surface area (TPSA) is 64.6 Å². The molecule has 0 fully saturated rings. The van der Waals surface area contributed by atoms with Crippen LogP contribution in [0.1, 0.15) is 33.5 Å². The van der Waals surface area contributed by atoms with Crippen molar-refractivity contribution < 1.29 is 14.3 Å². The third-order valence-corrected chi connectivity index (χ3v) is 6.40. The van der Waals surface area contributed by atoms with Gasteiger partial charge in [-0.2, -0.15) is 4.98 Å². The Bertz CT molecular complexity index is 1060. The van der Waals surface area contributed by atoms with Crippen LogP contribution in [0.25, 0.3) is 10.2 Å². The predicted octanol–water partition coefficient (Wildman–Crippen LogP) is 5.12. The van der Waals surface area contributed by atoms with Crippen molar-refractivity contribution in [1.29, 1.82) is 0 Å². The minimum absolute atomic E-state index is 0.0746. The number of thiophene rings is 1. The van der Waals surface area contributed by atoms with Crippen molar-refractivity contribution in [1.82, 2.24) is 14.9 Å². The first-order valence-electron chi connectivity index (χ1n) is 8.95. The Labute approximate surface area is 183 Å². The van der Waals surface area contributed by atoms with Gasteiger partial charge in [0.15, 0.2) is 5.82 Å². The molecule has 0 bridgehead atoms. The van der Waals surface area contributed by atoms with Crippen LogP contribution in [-0.2, 0) is 17.9 Å². The molecule has 0 saturated heterocycles. The lowest BCUT2D eigenvalue weighted by atomic mass is 10.1. The van der Waals surface area contributed by atoms with E-state index in [1.807, 2.05) is 19.9 Å². The maximum Gasteiger partial charge on any atom is 0.264 e. The smallest absolute Gasteiger partial charge is 0.264 e. The van der Waals surface area contributed by atoms with Gasteiger partial charge >= 0.3 is 0 Å². The van der Waals surface area contributed by atoms with Crippen LogP contribution >= 0.6 is 34.5 Å². The van der Waals surface area contributed by atoms with E-state index in [2.05, 4.69) is 9.97 Å². The number of rotatable bonds is 7. The highest BCUT2D eigenvalue weighted by molar-refractivity contribution is 7.20. The summed E-state index contributed by atoms with van der Waals surface area (Å²) in [6.07, 6.45) is 0. The van der Waals surface area contributed by atoms with E-state index in [1.54, 1.807) is 31.3 Å². The summed E-state index contributed by atoms with van der Waals surface area (Å²) in [6.45, 7) is 5.07. The van der Waals surface area contributed by atoms with Crippen molar-refractivity contribution in [3.8, 4) is 5.88 Å². The zero-order valence-corrected chi connectivity index (χ0v) is 18.9. The van der Waals surface area contributed by atoms with Gasteiger partial charge in [0.05, 0.1) is 27.4 Å². The molecule has 0 aliphatic rings. The molecule has 2 aromatic heterocycles. The zero-order chi connectivity index (χ0) is 21.1. The zero-order valence-electron chi connectivity index (χ0n) is 16.6. The summed E-state index contributed by atoms with van der Waals surface area (Å²) >= 11 is 13.4. The number of benzene rings is 1. The standard InChI is InChI=1S/C20H21Cl2N3O3S/c1-5-25(9-12-6-7-13(21)14(22)8-12)20(26)17-11(2)16-18(28-4)23-15(10-27-3)24-19(16)29-17/h6-8H,5,9-10H2,1-4H3. The van der Waals surface area contributed by atoms with E-state index in [1.165, 1.54) is 11.3 Å². The van der Waals surface area contributed by atoms with Crippen LogP contribution in [0.15, 0.2) is 18.2 Å². The molecule has 154 valence electrons. The van der Waals surface area contributed by atoms with Crippen LogP contribution in [0.3, 0.4) is 0 Å².